The average Bonchev–Trinajstić information content (AvgIpc) is 2.82. The lowest BCUT2D eigenvalue weighted by Crippen LogP contribution is -2.29. The molecule has 0 spiro atoms. The first-order valence-corrected chi connectivity index (χ1v) is 7.25. The van der Waals surface area contributed by atoms with Crippen molar-refractivity contribution >= 4 is 31.9 Å². The Balaban J connectivity index is 2.28. The average molecular weight is 390 g/mol. The SMILES string of the molecule is COc1ccc(Br)cc1CC(NN)c1ccoc1Br. The Labute approximate surface area is 128 Å². The minimum absolute atomic E-state index is 0.0590. The van der Waals surface area contributed by atoms with E-state index in [1.807, 2.05) is 24.3 Å². The zero-order chi connectivity index (χ0) is 13.8. The predicted octanol–water partition coefficient (Wildman–Crippen LogP) is 3.56. The molecule has 0 aliphatic carbocycles. The van der Waals surface area contributed by atoms with Crippen molar-refractivity contribution in [1.82, 2.24) is 5.43 Å². The summed E-state index contributed by atoms with van der Waals surface area (Å²) >= 11 is 6.83. The van der Waals surface area contributed by atoms with E-state index in [1.54, 1.807) is 13.4 Å². The fraction of sp³-hybridized carbons (Fsp3) is 0.231. The molecule has 0 saturated heterocycles. The van der Waals surface area contributed by atoms with E-state index in [2.05, 4.69) is 37.3 Å². The number of ether oxygens (including phenoxy) is 1. The standard InChI is InChI=1S/C13H14Br2N2O2/c1-18-12-3-2-9(14)6-8(12)7-11(17-16)10-4-5-19-13(10)15/h2-6,11,17H,7,16H2,1H3. The van der Waals surface area contributed by atoms with Crippen LogP contribution in [0.4, 0.5) is 0 Å². The summed E-state index contributed by atoms with van der Waals surface area (Å²) in [5.74, 6) is 6.48. The third-order valence-corrected chi connectivity index (χ3v) is 4.03. The number of nitrogens with two attached hydrogens (primary N) is 1. The van der Waals surface area contributed by atoms with Crippen molar-refractivity contribution in [3.63, 3.8) is 0 Å². The highest BCUT2D eigenvalue weighted by atomic mass is 79.9. The normalized spacial score (nSPS) is 12.4. The second-order valence-electron chi connectivity index (χ2n) is 4.03. The fourth-order valence-corrected chi connectivity index (χ4v) is 2.86. The van der Waals surface area contributed by atoms with Crippen molar-refractivity contribution in [1.29, 1.82) is 0 Å². The van der Waals surface area contributed by atoms with Crippen molar-refractivity contribution in [2.24, 2.45) is 5.84 Å². The molecule has 0 bridgehead atoms. The van der Waals surface area contributed by atoms with E-state index in [4.69, 9.17) is 15.0 Å². The van der Waals surface area contributed by atoms with Gasteiger partial charge >= 0.3 is 0 Å². The summed E-state index contributed by atoms with van der Waals surface area (Å²) in [7, 11) is 1.66. The first kappa shape index (κ1) is 14.6. The molecule has 3 N–H and O–H groups in total. The van der Waals surface area contributed by atoms with Crippen LogP contribution in [0.1, 0.15) is 17.2 Å². The molecule has 2 aromatic rings. The number of rotatable bonds is 5. The van der Waals surface area contributed by atoms with Gasteiger partial charge in [-0.15, -0.1) is 0 Å². The Bertz CT molecular complexity index is 557. The highest BCUT2D eigenvalue weighted by Crippen LogP contribution is 2.31. The second-order valence-corrected chi connectivity index (χ2v) is 5.67. The smallest absolute Gasteiger partial charge is 0.173 e. The molecule has 0 radical (unpaired) electrons. The van der Waals surface area contributed by atoms with Crippen molar-refractivity contribution in [2.75, 3.05) is 7.11 Å². The van der Waals surface area contributed by atoms with E-state index in [0.29, 0.717) is 11.1 Å². The van der Waals surface area contributed by atoms with E-state index in [1.165, 1.54) is 0 Å². The number of methoxy groups -OCH3 is 1. The largest absolute Gasteiger partial charge is 0.496 e. The van der Waals surface area contributed by atoms with Gasteiger partial charge in [-0.1, -0.05) is 15.9 Å². The molecule has 102 valence electrons. The molecule has 2 rings (SSSR count). The summed E-state index contributed by atoms with van der Waals surface area (Å²) in [5, 5.41) is 0. The van der Waals surface area contributed by atoms with E-state index in [0.717, 1.165) is 21.3 Å². The monoisotopic (exact) mass is 388 g/mol. The van der Waals surface area contributed by atoms with Gasteiger partial charge in [-0.2, -0.15) is 0 Å². The number of halogens is 2. The number of benzene rings is 1. The first-order valence-electron chi connectivity index (χ1n) is 5.67. The van der Waals surface area contributed by atoms with Crippen molar-refractivity contribution in [3.8, 4) is 5.75 Å². The van der Waals surface area contributed by atoms with Gasteiger partial charge in [0.25, 0.3) is 0 Å². The molecule has 0 aliphatic heterocycles. The Kier molecular flexibility index (Phi) is 5.04. The molecule has 1 unspecified atom stereocenters. The number of hydrogen-bond acceptors (Lipinski definition) is 4. The lowest BCUT2D eigenvalue weighted by Gasteiger charge is -2.17. The summed E-state index contributed by atoms with van der Waals surface area (Å²) < 4.78 is 12.3. The highest BCUT2D eigenvalue weighted by Gasteiger charge is 2.18. The molecule has 6 heteroatoms. The Morgan fingerprint density at radius 3 is 2.74 bits per heavy atom. The molecular weight excluding hydrogens is 376 g/mol. The van der Waals surface area contributed by atoms with E-state index < -0.39 is 0 Å². The van der Waals surface area contributed by atoms with Crippen molar-refractivity contribution in [3.05, 3.63) is 50.8 Å². The van der Waals surface area contributed by atoms with Gasteiger partial charge in [-0.05, 0) is 52.2 Å². The summed E-state index contributed by atoms with van der Waals surface area (Å²) in [6.07, 6.45) is 2.32. The van der Waals surface area contributed by atoms with Crippen molar-refractivity contribution < 1.29 is 9.15 Å². The van der Waals surface area contributed by atoms with Crippen LogP contribution in [-0.4, -0.2) is 7.11 Å². The summed E-state index contributed by atoms with van der Waals surface area (Å²) in [6, 6.07) is 7.73. The van der Waals surface area contributed by atoms with Crippen LogP contribution in [0.2, 0.25) is 0 Å². The quantitative estimate of drug-likeness (QED) is 0.606. The molecule has 1 aromatic heterocycles. The van der Waals surface area contributed by atoms with Crippen LogP contribution in [0.5, 0.6) is 5.75 Å². The Morgan fingerprint density at radius 2 is 2.16 bits per heavy atom. The maximum absolute atomic E-state index is 5.65. The maximum Gasteiger partial charge on any atom is 0.173 e. The first-order chi connectivity index (χ1) is 9.15. The van der Waals surface area contributed by atoms with Crippen LogP contribution in [0.15, 0.2) is 44.1 Å². The van der Waals surface area contributed by atoms with Crippen LogP contribution in [0.25, 0.3) is 0 Å². The minimum atomic E-state index is -0.0590. The van der Waals surface area contributed by atoms with Crippen LogP contribution in [0.3, 0.4) is 0 Å². The summed E-state index contributed by atoms with van der Waals surface area (Å²) in [5.41, 5.74) is 4.84. The molecule has 0 amide bonds. The number of hydrogen-bond donors (Lipinski definition) is 2. The van der Waals surface area contributed by atoms with E-state index in [-0.39, 0.29) is 6.04 Å². The third-order valence-electron chi connectivity index (χ3n) is 2.89. The maximum atomic E-state index is 5.65. The van der Waals surface area contributed by atoms with Gasteiger partial charge in [0.15, 0.2) is 4.67 Å². The molecular formula is C13H14Br2N2O2. The number of nitrogens with one attached hydrogen (secondary N) is 1. The third kappa shape index (κ3) is 3.39. The van der Waals surface area contributed by atoms with Crippen LogP contribution >= 0.6 is 31.9 Å². The van der Waals surface area contributed by atoms with E-state index in [9.17, 15) is 0 Å². The topological polar surface area (TPSA) is 60.4 Å². The molecule has 1 atom stereocenters. The zero-order valence-corrected chi connectivity index (χ0v) is 13.5. The van der Waals surface area contributed by atoms with Crippen molar-refractivity contribution in [2.45, 2.75) is 12.5 Å². The zero-order valence-electron chi connectivity index (χ0n) is 10.3. The van der Waals surface area contributed by atoms with Gasteiger partial charge < -0.3 is 9.15 Å². The molecule has 0 aliphatic rings. The highest BCUT2D eigenvalue weighted by molar-refractivity contribution is 9.10. The summed E-state index contributed by atoms with van der Waals surface area (Å²) in [6.45, 7) is 0. The molecule has 4 nitrogen and oxygen atoms in total. The van der Waals surface area contributed by atoms with E-state index >= 15 is 0 Å². The van der Waals surface area contributed by atoms with Crippen LogP contribution < -0.4 is 16.0 Å². The summed E-state index contributed by atoms with van der Waals surface area (Å²) in [4.78, 5) is 0. The molecule has 1 heterocycles. The lowest BCUT2D eigenvalue weighted by atomic mass is 10.0. The molecule has 19 heavy (non-hydrogen) atoms. The minimum Gasteiger partial charge on any atom is -0.496 e. The Morgan fingerprint density at radius 1 is 1.37 bits per heavy atom. The van der Waals surface area contributed by atoms with Gasteiger partial charge in [-0.25, -0.2) is 0 Å². The number of hydrazine groups is 1. The molecule has 1 aromatic carbocycles. The van der Waals surface area contributed by atoms with Gasteiger partial charge in [0.2, 0.25) is 0 Å². The molecule has 0 fully saturated rings. The van der Waals surface area contributed by atoms with Gasteiger partial charge in [0.1, 0.15) is 5.75 Å². The predicted molar refractivity (Wildman–Crippen MR) is 80.9 cm³/mol. The Hall–Kier alpha value is -0.820. The fourth-order valence-electron chi connectivity index (χ4n) is 1.94. The second kappa shape index (κ2) is 6.56. The van der Waals surface area contributed by atoms with Crippen LogP contribution in [-0.2, 0) is 6.42 Å². The number of furan rings is 1. The van der Waals surface area contributed by atoms with Gasteiger partial charge in [0, 0.05) is 10.0 Å². The van der Waals surface area contributed by atoms with Gasteiger partial charge in [-0.3, -0.25) is 11.3 Å². The molecule has 0 saturated carbocycles. The van der Waals surface area contributed by atoms with Gasteiger partial charge in [0.05, 0.1) is 19.4 Å². The lowest BCUT2D eigenvalue weighted by molar-refractivity contribution is 0.405. The van der Waals surface area contributed by atoms with Crippen LogP contribution in [0, 0.1) is 0 Å².